The van der Waals surface area contributed by atoms with Crippen molar-refractivity contribution in [2.45, 2.75) is 19.3 Å². The second-order valence-corrected chi connectivity index (χ2v) is 8.29. The smallest absolute Gasteiger partial charge is 0.341 e. The number of benzene rings is 1. The summed E-state index contributed by atoms with van der Waals surface area (Å²) < 4.78 is 5.67. The summed E-state index contributed by atoms with van der Waals surface area (Å²) in [7, 11) is 1.33. The van der Waals surface area contributed by atoms with Crippen molar-refractivity contribution in [1.29, 1.82) is 0 Å². The number of amides is 1. The molecule has 1 aromatic carbocycles. The maximum atomic E-state index is 12.7. The van der Waals surface area contributed by atoms with Crippen LogP contribution in [0.25, 0.3) is 10.1 Å². The van der Waals surface area contributed by atoms with Crippen molar-refractivity contribution in [3.8, 4) is 0 Å². The van der Waals surface area contributed by atoms with E-state index < -0.39 is 10.9 Å². The van der Waals surface area contributed by atoms with Gasteiger partial charge in [0.1, 0.15) is 5.00 Å². The van der Waals surface area contributed by atoms with Crippen LogP contribution >= 0.6 is 22.7 Å². The average molecular weight is 402 g/mol. The van der Waals surface area contributed by atoms with Gasteiger partial charge in [-0.3, -0.25) is 14.9 Å². The molecule has 1 amide bonds. The fourth-order valence-corrected chi connectivity index (χ4v) is 5.44. The molecule has 138 valence electrons. The molecule has 1 N–H and O–H groups in total. The van der Waals surface area contributed by atoms with E-state index in [0.717, 1.165) is 34.4 Å². The zero-order valence-electron chi connectivity index (χ0n) is 14.2. The summed E-state index contributed by atoms with van der Waals surface area (Å²) in [4.78, 5) is 36.9. The van der Waals surface area contributed by atoms with Crippen molar-refractivity contribution in [3.05, 3.63) is 55.3 Å². The lowest BCUT2D eigenvalue weighted by atomic mass is 10.1. The van der Waals surface area contributed by atoms with E-state index in [4.69, 9.17) is 4.74 Å². The number of carbonyl (C=O) groups excluding carboxylic acids is 2. The number of non-ortho nitro benzene ring substituents is 1. The number of hydrogen-bond donors (Lipinski definition) is 1. The highest BCUT2D eigenvalue weighted by atomic mass is 32.1. The van der Waals surface area contributed by atoms with Crippen LogP contribution in [0, 0.1) is 10.1 Å². The first kappa shape index (κ1) is 17.6. The minimum atomic E-state index is -0.466. The first-order chi connectivity index (χ1) is 13.0. The lowest BCUT2D eigenvalue weighted by Crippen LogP contribution is -2.13. The van der Waals surface area contributed by atoms with E-state index in [-0.39, 0.29) is 11.6 Å². The number of nitrogens with zero attached hydrogens (tertiary/aromatic N) is 1. The van der Waals surface area contributed by atoms with Crippen molar-refractivity contribution in [2.24, 2.45) is 0 Å². The van der Waals surface area contributed by atoms with Gasteiger partial charge in [-0.1, -0.05) is 0 Å². The average Bonchev–Trinajstić information content (AvgIpc) is 3.33. The Balaban J connectivity index is 1.66. The quantitative estimate of drug-likeness (QED) is 0.396. The molecule has 7 nitrogen and oxygen atoms in total. The second kappa shape index (κ2) is 6.75. The van der Waals surface area contributed by atoms with Gasteiger partial charge in [0, 0.05) is 27.1 Å². The van der Waals surface area contributed by atoms with Gasteiger partial charge in [-0.2, -0.15) is 0 Å². The highest BCUT2D eigenvalue weighted by molar-refractivity contribution is 7.21. The molecule has 1 aliphatic carbocycles. The van der Waals surface area contributed by atoms with Crippen LogP contribution in [0.2, 0.25) is 0 Å². The molecule has 0 atom stereocenters. The van der Waals surface area contributed by atoms with Gasteiger partial charge < -0.3 is 10.1 Å². The van der Waals surface area contributed by atoms with Gasteiger partial charge in [0.25, 0.3) is 11.6 Å². The summed E-state index contributed by atoms with van der Waals surface area (Å²) in [5, 5.41) is 14.9. The lowest BCUT2D eigenvalue weighted by molar-refractivity contribution is -0.384. The second-order valence-electron chi connectivity index (χ2n) is 6.10. The predicted octanol–water partition coefficient (Wildman–Crippen LogP) is 4.40. The molecule has 0 aliphatic heterocycles. The van der Waals surface area contributed by atoms with Crippen LogP contribution in [-0.2, 0) is 17.6 Å². The van der Waals surface area contributed by atoms with Crippen molar-refractivity contribution >= 4 is 55.3 Å². The number of nitro benzene ring substituents is 1. The number of anilines is 1. The maximum Gasteiger partial charge on any atom is 0.341 e. The molecule has 0 saturated carbocycles. The third kappa shape index (κ3) is 3.08. The summed E-state index contributed by atoms with van der Waals surface area (Å²) in [5.41, 5.74) is 1.39. The molecule has 0 saturated heterocycles. The topological polar surface area (TPSA) is 98.5 Å². The number of rotatable bonds is 4. The number of ether oxygens (including phenoxy) is 1. The summed E-state index contributed by atoms with van der Waals surface area (Å²) in [6.45, 7) is 0. The zero-order chi connectivity index (χ0) is 19.1. The maximum absolute atomic E-state index is 12.7. The molecule has 27 heavy (non-hydrogen) atoms. The molecule has 0 radical (unpaired) electrons. The van der Waals surface area contributed by atoms with Gasteiger partial charge in [-0.15, -0.1) is 22.7 Å². The number of nitro groups is 1. The third-order valence-corrected chi connectivity index (χ3v) is 6.79. The fourth-order valence-electron chi connectivity index (χ4n) is 3.23. The van der Waals surface area contributed by atoms with E-state index >= 15 is 0 Å². The van der Waals surface area contributed by atoms with Crippen molar-refractivity contribution in [3.63, 3.8) is 0 Å². The van der Waals surface area contributed by atoms with Gasteiger partial charge in [-0.25, -0.2) is 4.79 Å². The Kier molecular flexibility index (Phi) is 4.40. The Hall–Kier alpha value is -2.78. The minimum absolute atomic E-state index is 0.0186. The lowest BCUT2D eigenvalue weighted by Gasteiger charge is -2.05. The Morgan fingerprint density at radius 3 is 2.78 bits per heavy atom. The molecule has 4 rings (SSSR count). The number of nitrogens with one attached hydrogen (secondary N) is 1. The van der Waals surface area contributed by atoms with Crippen LogP contribution < -0.4 is 5.32 Å². The normalized spacial score (nSPS) is 12.8. The molecule has 0 fully saturated rings. The first-order valence-electron chi connectivity index (χ1n) is 8.20. The zero-order valence-corrected chi connectivity index (χ0v) is 15.9. The van der Waals surface area contributed by atoms with E-state index in [1.807, 2.05) is 0 Å². The van der Waals surface area contributed by atoms with Gasteiger partial charge in [0.2, 0.25) is 0 Å². The van der Waals surface area contributed by atoms with E-state index in [2.05, 4.69) is 5.32 Å². The highest BCUT2D eigenvalue weighted by Crippen LogP contribution is 2.40. The SMILES string of the molecule is COC(=O)c1c(NC(=O)c2cc3cc([N+](=O)[O-])ccc3s2)sc2c1CCC2. The highest BCUT2D eigenvalue weighted by Gasteiger charge is 2.28. The number of aryl methyl sites for hydroxylation is 1. The van der Waals surface area contributed by atoms with Crippen LogP contribution in [0.5, 0.6) is 0 Å². The van der Waals surface area contributed by atoms with Crippen molar-refractivity contribution in [2.75, 3.05) is 12.4 Å². The first-order valence-corrected chi connectivity index (χ1v) is 9.83. The van der Waals surface area contributed by atoms with Crippen LogP contribution in [0.15, 0.2) is 24.3 Å². The molecule has 3 aromatic rings. The molecule has 1 aliphatic rings. The van der Waals surface area contributed by atoms with Crippen LogP contribution in [-0.4, -0.2) is 23.9 Å². The van der Waals surface area contributed by atoms with Gasteiger partial charge in [0.05, 0.1) is 22.5 Å². The number of hydrogen-bond acceptors (Lipinski definition) is 7. The van der Waals surface area contributed by atoms with Gasteiger partial charge in [0.15, 0.2) is 0 Å². The monoisotopic (exact) mass is 402 g/mol. The van der Waals surface area contributed by atoms with E-state index in [1.165, 1.54) is 41.9 Å². The molecule has 0 bridgehead atoms. The van der Waals surface area contributed by atoms with Gasteiger partial charge >= 0.3 is 5.97 Å². The molecule has 9 heteroatoms. The molecular formula is C18H14N2O5S2. The Morgan fingerprint density at radius 1 is 1.22 bits per heavy atom. The Labute approximate surface area is 161 Å². The largest absolute Gasteiger partial charge is 0.465 e. The minimum Gasteiger partial charge on any atom is -0.465 e. The predicted molar refractivity (Wildman–Crippen MR) is 104 cm³/mol. The van der Waals surface area contributed by atoms with Crippen molar-refractivity contribution < 1.29 is 19.2 Å². The fraction of sp³-hybridized carbons (Fsp3) is 0.222. The number of methoxy groups -OCH3 is 1. The Morgan fingerprint density at radius 2 is 2.04 bits per heavy atom. The van der Waals surface area contributed by atoms with Crippen LogP contribution in [0.3, 0.4) is 0 Å². The summed E-state index contributed by atoms with van der Waals surface area (Å²) in [6, 6.07) is 6.12. The summed E-state index contributed by atoms with van der Waals surface area (Å²) in [5.74, 6) is -0.791. The standard InChI is InChI=1S/C18H14N2O5S2/c1-25-18(22)15-11-3-2-4-13(11)27-17(15)19-16(21)14-8-9-7-10(20(23)24)5-6-12(9)26-14/h5-8H,2-4H2,1H3,(H,19,21). The summed E-state index contributed by atoms with van der Waals surface area (Å²) in [6.07, 6.45) is 2.69. The molecular weight excluding hydrogens is 388 g/mol. The van der Waals surface area contributed by atoms with E-state index in [9.17, 15) is 19.7 Å². The Bertz CT molecular complexity index is 1100. The third-order valence-electron chi connectivity index (χ3n) is 4.47. The van der Waals surface area contributed by atoms with Gasteiger partial charge in [-0.05, 0) is 37.0 Å². The molecule has 0 unspecified atom stereocenters. The molecule has 2 heterocycles. The summed E-state index contributed by atoms with van der Waals surface area (Å²) >= 11 is 2.66. The molecule has 2 aromatic heterocycles. The van der Waals surface area contributed by atoms with Crippen LogP contribution in [0.1, 0.15) is 36.9 Å². The molecule has 0 spiro atoms. The number of fused-ring (bicyclic) bond motifs is 2. The van der Waals surface area contributed by atoms with Crippen LogP contribution in [0.4, 0.5) is 10.7 Å². The number of thiophene rings is 2. The van der Waals surface area contributed by atoms with E-state index in [1.54, 1.807) is 12.1 Å². The van der Waals surface area contributed by atoms with Crippen molar-refractivity contribution in [1.82, 2.24) is 0 Å². The van der Waals surface area contributed by atoms with E-state index in [0.29, 0.717) is 20.8 Å². The number of carbonyl (C=O) groups is 2. The number of esters is 1.